The Morgan fingerprint density at radius 3 is 2.65 bits per heavy atom. The van der Waals surface area contributed by atoms with Crippen LogP contribution in [0.2, 0.25) is 0 Å². The fraction of sp³-hybridized carbons (Fsp3) is 0.556. The lowest BCUT2D eigenvalue weighted by Gasteiger charge is -2.32. The lowest BCUT2D eigenvalue weighted by Crippen LogP contribution is -2.37. The highest BCUT2D eigenvalue weighted by atomic mass is 16.6. The topological polar surface area (TPSA) is 55.8 Å². The highest BCUT2D eigenvalue weighted by Gasteiger charge is 2.30. The zero-order valence-corrected chi connectivity index (χ0v) is 14.5. The molecule has 5 nitrogen and oxygen atoms in total. The largest absolute Gasteiger partial charge is 0.497 e. The van der Waals surface area contributed by atoms with Crippen molar-refractivity contribution in [2.24, 2.45) is 0 Å². The molecule has 0 saturated heterocycles. The molecular weight excluding hydrogens is 294 g/mol. The Morgan fingerprint density at radius 1 is 1.35 bits per heavy atom. The number of hydrogen-bond acceptors (Lipinski definition) is 4. The molecule has 0 radical (unpaired) electrons. The Kier molecular flexibility index (Phi) is 4.97. The van der Waals surface area contributed by atoms with Crippen LogP contribution in [-0.2, 0) is 9.53 Å². The first kappa shape index (κ1) is 17.3. The van der Waals surface area contributed by atoms with Gasteiger partial charge in [-0.2, -0.15) is 0 Å². The van der Waals surface area contributed by atoms with Gasteiger partial charge in [0.15, 0.2) is 0 Å². The van der Waals surface area contributed by atoms with Gasteiger partial charge in [0, 0.05) is 31.5 Å². The molecule has 1 unspecified atom stereocenters. The molecule has 0 aromatic heterocycles. The van der Waals surface area contributed by atoms with E-state index in [9.17, 15) is 9.59 Å². The van der Waals surface area contributed by atoms with Crippen molar-refractivity contribution in [2.45, 2.75) is 45.1 Å². The van der Waals surface area contributed by atoms with Gasteiger partial charge < -0.3 is 14.4 Å². The van der Waals surface area contributed by atoms with Crippen molar-refractivity contribution >= 4 is 11.9 Å². The SMILES string of the molecule is COc1ccc2c(c1)C(CCC(=O)OC(C)(C)C)CN(C)C2=O. The van der Waals surface area contributed by atoms with Gasteiger partial charge >= 0.3 is 5.97 Å². The van der Waals surface area contributed by atoms with Crippen LogP contribution in [0, 0.1) is 0 Å². The van der Waals surface area contributed by atoms with E-state index in [0.717, 1.165) is 11.3 Å². The van der Waals surface area contributed by atoms with E-state index in [1.807, 2.05) is 26.8 Å². The lowest BCUT2D eigenvalue weighted by molar-refractivity contribution is -0.155. The number of rotatable bonds is 4. The summed E-state index contributed by atoms with van der Waals surface area (Å²) in [4.78, 5) is 25.9. The lowest BCUT2D eigenvalue weighted by atomic mass is 9.86. The number of nitrogens with zero attached hydrogens (tertiary/aromatic N) is 1. The first-order valence-electron chi connectivity index (χ1n) is 7.86. The molecule has 1 aromatic carbocycles. The molecule has 2 rings (SSSR count). The predicted molar refractivity (Wildman–Crippen MR) is 87.8 cm³/mol. The molecule has 1 heterocycles. The summed E-state index contributed by atoms with van der Waals surface area (Å²) in [7, 11) is 3.39. The molecule has 126 valence electrons. The number of fused-ring (bicyclic) bond motifs is 1. The van der Waals surface area contributed by atoms with Crippen LogP contribution in [-0.4, -0.2) is 43.1 Å². The van der Waals surface area contributed by atoms with Crippen LogP contribution in [0.25, 0.3) is 0 Å². The minimum absolute atomic E-state index is 0.0103. The average Bonchev–Trinajstić information content (AvgIpc) is 2.47. The molecule has 0 N–H and O–H groups in total. The maximum Gasteiger partial charge on any atom is 0.306 e. The van der Waals surface area contributed by atoms with E-state index >= 15 is 0 Å². The van der Waals surface area contributed by atoms with Crippen molar-refractivity contribution in [3.05, 3.63) is 29.3 Å². The van der Waals surface area contributed by atoms with E-state index in [1.54, 1.807) is 31.2 Å². The van der Waals surface area contributed by atoms with Crippen molar-refractivity contribution in [1.82, 2.24) is 4.90 Å². The van der Waals surface area contributed by atoms with Crippen LogP contribution in [0.3, 0.4) is 0 Å². The van der Waals surface area contributed by atoms with E-state index in [2.05, 4.69) is 0 Å². The standard InChI is InChI=1S/C18H25NO4/c1-18(2,3)23-16(20)9-6-12-11-19(4)17(21)14-8-7-13(22-5)10-15(12)14/h7-8,10,12H,6,9,11H2,1-5H3. The number of esters is 1. The number of likely N-dealkylation sites (N-methyl/N-ethyl adjacent to an activating group) is 1. The number of carbonyl (C=O) groups is 2. The summed E-state index contributed by atoms with van der Waals surface area (Å²) in [6.07, 6.45) is 0.979. The normalized spacial score (nSPS) is 17.7. The highest BCUT2D eigenvalue weighted by Crippen LogP contribution is 2.33. The predicted octanol–water partition coefficient (Wildman–Crippen LogP) is 2.99. The summed E-state index contributed by atoms with van der Waals surface area (Å²) in [5, 5.41) is 0. The molecule has 1 amide bonds. The van der Waals surface area contributed by atoms with Gasteiger partial charge in [-0.05, 0) is 51.0 Å². The number of ether oxygens (including phenoxy) is 2. The van der Waals surface area contributed by atoms with E-state index in [1.165, 1.54) is 0 Å². The van der Waals surface area contributed by atoms with Gasteiger partial charge in [0.25, 0.3) is 5.91 Å². The fourth-order valence-corrected chi connectivity index (χ4v) is 2.85. The van der Waals surface area contributed by atoms with Crippen LogP contribution >= 0.6 is 0 Å². The molecule has 0 bridgehead atoms. The second kappa shape index (κ2) is 6.60. The molecule has 0 aliphatic carbocycles. The number of methoxy groups -OCH3 is 1. The Bertz CT molecular complexity index is 604. The molecule has 5 heteroatoms. The Labute approximate surface area is 137 Å². The molecule has 1 aliphatic heterocycles. The van der Waals surface area contributed by atoms with Crippen LogP contribution in [0.4, 0.5) is 0 Å². The molecule has 1 aliphatic rings. The fourth-order valence-electron chi connectivity index (χ4n) is 2.85. The first-order chi connectivity index (χ1) is 10.7. The third-order valence-corrected chi connectivity index (χ3v) is 3.89. The Balaban J connectivity index is 2.15. The van der Waals surface area contributed by atoms with Gasteiger partial charge in [-0.3, -0.25) is 9.59 Å². The second-order valence-electron chi connectivity index (χ2n) is 6.96. The van der Waals surface area contributed by atoms with Crippen LogP contribution in [0.5, 0.6) is 5.75 Å². The molecule has 0 saturated carbocycles. The maximum atomic E-state index is 12.3. The quantitative estimate of drug-likeness (QED) is 0.801. The van der Waals surface area contributed by atoms with Crippen molar-refractivity contribution in [3.63, 3.8) is 0 Å². The van der Waals surface area contributed by atoms with E-state index in [4.69, 9.17) is 9.47 Å². The smallest absolute Gasteiger partial charge is 0.306 e. The third-order valence-electron chi connectivity index (χ3n) is 3.89. The summed E-state index contributed by atoms with van der Waals surface area (Å²) in [6, 6.07) is 5.49. The molecule has 1 atom stereocenters. The summed E-state index contributed by atoms with van der Waals surface area (Å²) in [6.45, 7) is 6.18. The van der Waals surface area contributed by atoms with E-state index in [-0.39, 0.29) is 17.8 Å². The zero-order chi connectivity index (χ0) is 17.2. The number of benzene rings is 1. The Hall–Kier alpha value is -2.04. The highest BCUT2D eigenvalue weighted by molar-refractivity contribution is 5.97. The molecule has 23 heavy (non-hydrogen) atoms. The summed E-state index contributed by atoms with van der Waals surface area (Å²) in [5.41, 5.74) is 1.17. The van der Waals surface area contributed by atoms with Crippen LogP contribution < -0.4 is 4.74 Å². The van der Waals surface area contributed by atoms with Crippen LogP contribution in [0.1, 0.15) is 55.5 Å². The van der Waals surface area contributed by atoms with E-state index in [0.29, 0.717) is 24.9 Å². The minimum atomic E-state index is -0.475. The summed E-state index contributed by atoms with van der Waals surface area (Å²) >= 11 is 0. The van der Waals surface area contributed by atoms with E-state index < -0.39 is 5.60 Å². The van der Waals surface area contributed by atoms with Gasteiger partial charge in [-0.25, -0.2) is 0 Å². The van der Waals surface area contributed by atoms with Crippen molar-refractivity contribution < 1.29 is 19.1 Å². The van der Waals surface area contributed by atoms with Crippen molar-refractivity contribution in [1.29, 1.82) is 0 Å². The second-order valence-corrected chi connectivity index (χ2v) is 6.96. The summed E-state index contributed by atoms with van der Waals surface area (Å²) < 4.78 is 10.6. The maximum absolute atomic E-state index is 12.3. The van der Waals surface area contributed by atoms with Gasteiger partial charge in [0.05, 0.1) is 7.11 Å². The van der Waals surface area contributed by atoms with Crippen molar-refractivity contribution in [2.75, 3.05) is 20.7 Å². The first-order valence-corrected chi connectivity index (χ1v) is 7.86. The number of amides is 1. The van der Waals surface area contributed by atoms with Crippen LogP contribution in [0.15, 0.2) is 18.2 Å². The average molecular weight is 319 g/mol. The minimum Gasteiger partial charge on any atom is -0.497 e. The number of hydrogen-bond donors (Lipinski definition) is 0. The number of carbonyl (C=O) groups excluding carboxylic acids is 2. The zero-order valence-electron chi connectivity index (χ0n) is 14.5. The molecule has 1 aromatic rings. The monoisotopic (exact) mass is 319 g/mol. The van der Waals surface area contributed by atoms with Gasteiger partial charge in [-0.1, -0.05) is 0 Å². The molecular formula is C18H25NO4. The molecule has 0 fully saturated rings. The summed E-state index contributed by atoms with van der Waals surface area (Å²) in [5.74, 6) is 0.636. The third kappa shape index (κ3) is 4.24. The van der Waals surface area contributed by atoms with Gasteiger partial charge in [0.1, 0.15) is 11.4 Å². The molecule has 0 spiro atoms. The van der Waals surface area contributed by atoms with Gasteiger partial charge in [0.2, 0.25) is 0 Å². The Morgan fingerprint density at radius 2 is 2.04 bits per heavy atom. The van der Waals surface area contributed by atoms with Crippen molar-refractivity contribution in [3.8, 4) is 5.75 Å². The van der Waals surface area contributed by atoms with Gasteiger partial charge in [-0.15, -0.1) is 0 Å².